The molecule has 1 aliphatic carbocycles. The Bertz CT molecular complexity index is 972. The van der Waals surface area contributed by atoms with Gasteiger partial charge in [-0.25, -0.2) is 4.39 Å². The lowest BCUT2D eigenvalue weighted by atomic mass is 9.89. The van der Waals surface area contributed by atoms with Crippen molar-refractivity contribution in [1.82, 2.24) is 0 Å². The lowest BCUT2D eigenvalue weighted by Crippen LogP contribution is -2.41. The van der Waals surface area contributed by atoms with Crippen molar-refractivity contribution in [2.45, 2.75) is 31.3 Å². The van der Waals surface area contributed by atoms with Crippen molar-refractivity contribution >= 4 is 21.5 Å². The number of rotatable bonds is 4. The summed E-state index contributed by atoms with van der Waals surface area (Å²) in [7, 11) is -5.75. The van der Waals surface area contributed by atoms with E-state index in [0.717, 1.165) is 12.1 Å². The molecule has 0 saturated heterocycles. The summed E-state index contributed by atoms with van der Waals surface area (Å²) in [5, 5.41) is 0. The highest BCUT2D eigenvalue weighted by Gasteiger charge is 2.51. The van der Waals surface area contributed by atoms with E-state index < -0.39 is 33.7 Å². The first kappa shape index (κ1) is 19.3. The van der Waals surface area contributed by atoms with Gasteiger partial charge in [0.15, 0.2) is 5.78 Å². The van der Waals surface area contributed by atoms with Crippen LogP contribution in [-0.2, 0) is 23.0 Å². The number of halogens is 4. The lowest BCUT2D eigenvalue weighted by molar-refractivity contribution is -0.0438. The summed E-state index contributed by atoms with van der Waals surface area (Å²) < 4.78 is 78.7. The Hall–Kier alpha value is -2.42. The van der Waals surface area contributed by atoms with E-state index in [1.807, 2.05) is 0 Å². The van der Waals surface area contributed by atoms with Gasteiger partial charge in [0.1, 0.15) is 5.82 Å². The van der Waals surface area contributed by atoms with Gasteiger partial charge < -0.3 is 0 Å². The van der Waals surface area contributed by atoms with Gasteiger partial charge in [0.2, 0.25) is 0 Å². The number of ketones is 1. The molecule has 0 radical (unpaired) electrons. The Balaban J connectivity index is 2.20. The molecule has 0 aromatic heterocycles. The fourth-order valence-corrected chi connectivity index (χ4v) is 4.12. The molecule has 0 saturated carbocycles. The Labute approximate surface area is 153 Å². The van der Waals surface area contributed by atoms with Crippen LogP contribution >= 0.6 is 0 Å². The maximum Gasteiger partial charge on any atom is 0.516 e. The quantitative estimate of drug-likeness (QED) is 0.722. The van der Waals surface area contributed by atoms with Crippen molar-refractivity contribution < 1.29 is 30.8 Å². The normalized spacial score (nSPS) is 14.7. The summed E-state index contributed by atoms with van der Waals surface area (Å²) in [5.41, 5.74) is -5.86. The predicted octanol–water partition coefficient (Wildman–Crippen LogP) is 4.20. The first-order valence-electron chi connectivity index (χ1n) is 8.10. The van der Waals surface area contributed by atoms with Crippen molar-refractivity contribution in [2.75, 3.05) is 4.31 Å². The number of carbonyl (C=O) groups excluding carboxylic acids is 1. The zero-order valence-corrected chi connectivity index (χ0v) is 14.8. The maximum atomic E-state index is 14.1. The Morgan fingerprint density at radius 1 is 1.00 bits per heavy atom. The fourth-order valence-electron chi connectivity index (χ4n) is 3.12. The van der Waals surface area contributed by atoms with E-state index in [4.69, 9.17) is 0 Å². The van der Waals surface area contributed by atoms with Gasteiger partial charge >= 0.3 is 15.5 Å². The molecule has 0 unspecified atom stereocenters. The minimum Gasteiger partial charge on any atom is -0.294 e. The molecule has 0 amide bonds. The summed E-state index contributed by atoms with van der Waals surface area (Å²) in [5.74, 6) is -1.40. The molecule has 4 nitrogen and oxygen atoms in total. The number of hydrogen-bond acceptors (Lipinski definition) is 3. The monoisotopic (exact) mass is 401 g/mol. The number of nitrogens with zero attached hydrogens (tertiary/aromatic N) is 1. The van der Waals surface area contributed by atoms with Crippen LogP contribution in [0.3, 0.4) is 0 Å². The van der Waals surface area contributed by atoms with Crippen molar-refractivity contribution in [3.63, 3.8) is 0 Å². The summed E-state index contributed by atoms with van der Waals surface area (Å²) in [6.45, 7) is -0.588. The molecule has 9 heteroatoms. The first-order chi connectivity index (χ1) is 12.6. The summed E-state index contributed by atoms with van der Waals surface area (Å²) in [6, 6.07) is 9.57. The molecule has 2 aromatic rings. The van der Waals surface area contributed by atoms with E-state index in [2.05, 4.69) is 0 Å². The van der Waals surface area contributed by atoms with E-state index >= 15 is 0 Å². The van der Waals surface area contributed by atoms with Gasteiger partial charge in [-0.1, -0.05) is 30.3 Å². The largest absolute Gasteiger partial charge is 0.516 e. The van der Waals surface area contributed by atoms with Crippen molar-refractivity contribution in [3.8, 4) is 0 Å². The standard InChI is InChI=1S/C18H15F4NO3S/c19-14-9-10-15(13-7-4-8-16(24)17(13)14)23(27(25,26)18(20,21)22)11-12-5-2-1-3-6-12/h1-3,5-6,9-10H,4,7-8,11H2. The molecule has 0 atom stereocenters. The van der Waals surface area contributed by atoms with Crippen molar-refractivity contribution in [3.05, 3.63) is 65.0 Å². The Morgan fingerprint density at radius 3 is 2.30 bits per heavy atom. The number of alkyl halides is 3. The third kappa shape index (κ3) is 3.55. The average molecular weight is 401 g/mol. The molecule has 0 bridgehead atoms. The lowest BCUT2D eigenvalue weighted by Gasteiger charge is -2.29. The second-order valence-corrected chi connectivity index (χ2v) is 7.99. The summed E-state index contributed by atoms with van der Waals surface area (Å²) >= 11 is 0. The van der Waals surface area contributed by atoms with Crippen molar-refractivity contribution in [2.24, 2.45) is 0 Å². The predicted molar refractivity (Wildman–Crippen MR) is 91.3 cm³/mol. The van der Waals surface area contributed by atoms with Crippen LogP contribution in [0, 0.1) is 5.82 Å². The number of anilines is 1. The number of hydrogen-bond donors (Lipinski definition) is 0. The molecule has 2 aromatic carbocycles. The van der Waals surface area contributed by atoms with Gasteiger partial charge in [0, 0.05) is 6.42 Å². The zero-order chi connectivity index (χ0) is 19.8. The van der Waals surface area contributed by atoms with Crippen LogP contribution in [0.1, 0.15) is 34.3 Å². The molecule has 0 N–H and O–H groups in total. The van der Waals surface area contributed by atoms with Crippen LogP contribution in [0.15, 0.2) is 42.5 Å². The van der Waals surface area contributed by atoms with Crippen LogP contribution in [0.5, 0.6) is 0 Å². The number of fused-ring (bicyclic) bond motifs is 1. The van der Waals surface area contributed by atoms with Gasteiger partial charge in [-0.3, -0.25) is 9.10 Å². The summed E-state index contributed by atoms with van der Waals surface area (Å²) in [4.78, 5) is 12.1. The number of benzene rings is 2. The molecule has 0 aliphatic heterocycles. The highest BCUT2D eigenvalue weighted by atomic mass is 32.2. The third-order valence-corrected chi connectivity index (χ3v) is 5.86. The van der Waals surface area contributed by atoms with E-state index in [0.29, 0.717) is 12.0 Å². The van der Waals surface area contributed by atoms with Gasteiger partial charge in [-0.2, -0.15) is 21.6 Å². The van der Waals surface area contributed by atoms with E-state index in [1.54, 1.807) is 18.2 Å². The SMILES string of the molecule is O=C1CCCc2c(N(Cc3ccccc3)S(=O)(=O)C(F)(F)F)ccc(F)c21. The summed E-state index contributed by atoms with van der Waals surface area (Å²) in [6.07, 6.45) is 0.498. The van der Waals surface area contributed by atoms with Crippen LogP contribution in [0.25, 0.3) is 0 Å². The van der Waals surface area contributed by atoms with Crippen LogP contribution < -0.4 is 4.31 Å². The second-order valence-electron chi connectivity index (χ2n) is 6.14. The molecule has 144 valence electrons. The number of carbonyl (C=O) groups is 1. The Kier molecular flexibility index (Phi) is 4.98. The first-order valence-corrected chi connectivity index (χ1v) is 9.54. The van der Waals surface area contributed by atoms with Gasteiger partial charge in [0.05, 0.1) is 17.8 Å². The van der Waals surface area contributed by atoms with Gasteiger partial charge in [-0.15, -0.1) is 0 Å². The minimum absolute atomic E-state index is 0.00462. The van der Waals surface area contributed by atoms with E-state index in [1.165, 1.54) is 12.1 Å². The van der Waals surface area contributed by atoms with Crippen LogP contribution in [0.4, 0.5) is 23.2 Å². The minimum atomic E-state index is -5.75. The molecule has 1 aliphatic rings. The molecule has 0 heterocycles. The van der Waals surface area contributed by atoms with E-state index in [9.17, 15) is 30.8 Å². The Morgan fingerprint density at radius 2 is 1.67 bits per heavy atom. The molecular formula is C18H15F4NO3S. The number of sulfonamides is 1. The molecule has 0 fully saturated rings. The molecule has 3 rings (SSSR count). The number of Topliss-reactive ketones (excluding diaryl/α,β-unsaturated/α-hetero) is 1. The van der Waals surface area contributed by atoms with Crippen molar-refractivity contribution in [1.29, 1.82) is 0 Å². The maximum absolute atomic E-state index is 14.1. The molecular weight excluding hydrogens is 386 g/mol. The average Bonchev–Trinajstić information content (AvgIpc) is 2.60. The second kappa shape index (κ2) is 6.95. The molecule has 27 heavy (non-hydrogen) atoms. The topological polar surface area (TPSA) is 54.5 Å². The van der Waals surface area contributed by atoms with Gasteiger partial charge in [-0.05, 0) is 36.1 Å². The highest BCUT2D eigenvalue weighted by Crippen LogP contribution is 2.38. The van der Waals surface area contributed by atoms with E-state index in [-0.39, 0.29) is 34.0 Å². The van der Waals surface area contributed by atoms with Crippen LogP contribution in [-0.4, -0.2) is 19.7 Å². The zero-order valence-electron chi connectivity index (χ0n) is 14.0. The fraction of sp³-hybridized carbons (Fsp3) is 0.278. The third-order valence-electron chi connectivity index (χ3n) is 4.37. The smallest absolute Gasteiger partial charge is 0.294 e. The molecule has 0 spiro atoms. The van der Waals surface area contributed by atoms with Gasteiger partial charge in [0.25, 0.3) is 0 Å². The highest BCUT2D eigenvalue weighted by molar-refractivity contribution is 7.93. The van der Waals surface area contributed by atoms with Crippen LogP contribution in [0.2, 0.25) is 0 Å².